The lowest BCUT2D eigenvalue weighted by atomic mass is 9.99. The van der Waals surface area contributed by atoms with Crippen LogP contribution in [0.3, 0.4) is 0 Å². The molecule has 200 valence electrons. The van der Waals surface area contributed by atoms with Crippen LogP contribution in [-0.4, -0.2) is 49.8 Å². The summed E-state index contributed by atoms with van der Waals surface area (Å²) in [5, 5.41) is 9.87. The lowest BCUT2D eigenvalue weighted by Crippen LogP contribution is -2.29. The van der Waals surface area contributed by atoms with Gasteiger partial charge in [-0.2, -0.15) is 8.42 Å². The predicted octanol–water partition coefficient (Wildman–Crippen LogP) is 3.29. The molecule has 2 aliphatic heterocycles. The molecule has 0 unspecified atom stereocenters. The third-order valence-electron chi connectivity index (χ3n) is 6.31. The molecular weight excluding hydrogens is 510 g/mol. The molecule has 0 aliphatic carbocycles. The molecule has 5 rings (SSSR count). The van der Waals surface area contributed by atoms with Gasteiger partial charge in [-0.3, -0.25) is 4.79 Å². The second kappa shape index (κ2) is 9.80. The lowest BCUT2D eigenvalue weighted by Gasteiger charge is -2.17. The number of aliphatic hydroxyl groups is 1. The van der Waals surface area contributed by atoms with E-state index in [0.717, 1.165) is 32.4 Å². The van der Waals surface area contributed by atoms with Crippen LogP contribution >= 0.6 is 0 Å². The summed E-state index contributed by atoms with van der Waals surface area (Å²) in [5.41, 5.74) is 3.06. The highest BCUT2D eigenvalue weighted by atomic mass is 32.2. The predicted molar refractivity (Wildman–Crippen MR) is 141 cm³/mol. The number of nitrogens with one attached hydrogen (secondary N) is 1. The number of aromatic nitrogens is 1. The van der Waals surface area contributed by atoms with Crippen LogP contribution in [0.2, 0.25) is 0 Å². The number of amides is 1. The number of benzene rings is 2. The second-order valence-corrected chi connectivity index (χ2v) is 11.5. The molecule has 0 saturated carbocycles. The van der Waals surface area contributed by atoms with Crippen molar-refractivity contribution in [3.05, 3.63) is 65.9 Å². The van der Waals surface area contributed by atoms with Crippen LogP contribution in [0.4, 0.5) is 5.69 Å². The maximum Gasteiger partial charge on any atom is 0.326 e. The summed E-state index contributed by atoms with van der Waals surface area (Å²) in [6.45, 7) is 5.81. The summed E-state index contributed by atoms with van der Waals surface area (Å²) in [5.74, 6) is 1.19. The van der Waals surface area contributed by atoms with Crippen LogP contribution in [0.5, 0.6) is 17.4 Å². The Morgan fingerprint density at radius 3 is 2.55 bits per heavy atom. The van der Waals surface area contributed by atoms with E-state index in [2.05, 4.69) is 4.98 Å². The van der Waals surface area contributed by atoms with Gasteiger partial charge in [0.2, 0.25) is 5.88 Å². The van der Waals surface area contributed by atoms with Gasteiger partial charge in [0.05, 0.1) is 17.9 Å². The molecule has 1 aromatic heterocycles. The molecule has 11 heteroatoms. The minimum absolute atomic E-state index is 0.253. The van der Waals surface area contributed by atoms with E-state index < -0.39 is 21.7 Å². The van der Waals surface area contributed by atoms with Crippen molar-refractivity contribution in [3.8, 4) is 28.5 Å². The number of rotatable bonds is 8. The zero-order valence-electron chi connectivity index (χ0n) is 21.3. The van der Waals surface area contributed by atoms with Crippen molar-refractivity contribution in [2.75, 3.05) is 24.1 Å². The van der Waals surface area contributed by atoms with Gasteiger partial charge in [0.15, 0.2) is 6.10 Å². The highest BCUT2D eigenvalue weighted by Gasteiger charge is 2.34. The van der Waals surface area contributed by atoms with Crippen LogP contribution < -0.4 is 23.2 Å². The average molecular weight is 540 g/mol. The highest BCUT2D eigenvalue weighted by Crippen LogP contribution is 2.43. The Labute approximate surface area is 221 Å². The average Bonchev–Trinajstić information content (AvgIpc) is 3.38. The molecule has 2 aromatic carbocycles. The number of hydrogen-bond acceptors (Lipinski definition) is 8. The van der Waals surface area contributed by atoms with E-state index in [1.54, 1.807) is 44.2 Å². The molecule has 10 nitrogen and oxygen atoms in total. The van der Waals surface area contributed by atoms with Crippen molar-refractivity contribution in [2.24, 2.45) is 0 Å². The number of carbonyl (C=O) groups is 1. The van der Waals surface area contributed by atoms with Crippen LogP contribution in [-0.2, 0) is 15.0 Å². The number of anilines is 1. The third-order valence-corrected chi connectivity index (χ3v) is 7.71. The number of hydrogen-bond donors (Lipinski definition) is 2. The first-order valence-electron chi connectivity index (χ1n) is 12.2. The zero-order chi connectivity index (χ0) is 27.1. The maximum atomic E-state index is 12.1. The number of para-hydroxylation sites is 1. The zero-order valence-corrected chi connectivity index (χ0v) is 22.1. The van der Waals surface area contributed by atoms with Gasteiger partial charge >= 0.3 is 10.2 Å². The molecular formula is C27H29N3O7S. The highest BCUT2D eigenvalue weighted by molar-refractivity contribution is 7.92. The van der Waals surface area contributed by atoms with Crippen molar-refractivity contribution in [1.82, 2.24) is 9.71 Å². The SMILES string of the molecule is Cc1nc(OCCC(C)(C)O)ccc1-c1cccc2c1OC[C@H]2Oc1ccc(N2CC(=O)NS2(=O)=O)cc1. The van der Waals surface area contributed by atoms with Gasteiger partial charge in [0.1, 0.15) is 24.7 Å². The van der Waals surface area contributed by atoms with Crippen LogP contribution in [0, 0.1) is 6.92 Å². The van der Waals surface area contributed by atoms with E-state index >= 15 is 0 Å². The summed E-state index contributed by atoms with van der Waals surface area (Å²) in [6.07, 6.45) is 0.140. The molecule has 2 aliphatic rings. The first kappa shape index (κ1) is 25.8. The Morgan fingerprint density at radius 1 is 1.13 bits per heavy atom. The van der Waals surface area contributed by atoms with Crippen LogP contribution in [0.25, 0.3) is 11.1 Å². The minimum atomic E-state index is -3.86. The Morgan fingerprint density at radius 2 is 1.89 bits per heavy atom. The van der Waals surface area contributed by atoms with E-state index in [-0.39, 0.29) is 12.6 Å². The van der Waals surface area contributed by atoms with Gasteiger partial charge in [-0.25, -0.2) is 14.0 Å². The first-order valence-corrected chi connectivity index (χ1v) is 13.6. The number of carbonyl (C=O) groups excluding carboxylic acids is 1. The molecule has 0 bridgehead atoms. The standard InChI is InChI=1S/C27H29N3O7S/c1-17-20(11-12-25(28-17)35-14-13-27(2,3)32)21-5-4-6-22-23(16-36-26(21)22)37-19-9-7-18(8-10-19)30-15-24(31)29-38(30,33)34/h4-12,23,32H,13-16H2,1-3H3,(H,29,31)/t23-/m1/s1. The van der Waals surface area contributed by atoms with Crippen LogP contribution in [0.1, 0.15) is 37.6 Å². The maximum absolute atomic E-state index is 12.1. The van der Waals surface area contributed by atoms with Crippen molar-refractivity contribution >= 4 is 21.8 Å². The number of aryl methyl sites for hydroxylation is 1. The van der Waals surface area contributed by atoms with Crippen LogP contribution in [0.15, 0.2) is 54.6 Å². The Hall–Kier alpha value is -3.83. The second-order valence-electron chi connectivity index (χ2n) is 9.87. The fourth-order valence-electron chi connectivity index (χ4n) is 4.37. The van der Waals surface area contributed by atoms with Gasteiger partial charge in [-0.15, -0.1) is 0 Å². The van der Waals surface area contributed by atoms with Crippen molar-refractivity contribution < 1.29 is 32.5 Å². The fourth-order valence-corrected chi connectivity index (χ4v) is 5.52. The van der Waals surface area contributed by atoms with E-state index in [4.69, 9.17) is 14.2 Å². The summed E-state index contributed by atoms with van der Waals surface area (Å²) < 4.78 is 45.1. The Balaban J connectivity index is 1.31. The molecule has 3 heterocycles. The van der Waals surface area contributed by atoms with Crippen molar-refractivity contribution in [3.63, 3.8) is 0 Å². The summed E-state index contributed by atoms with van der Waals surface area (Å²) in [6, 6.07) is 16.1. The number of pyridine rings is 1. The topological polar surface area (TPSA) is 127 Å². The van der Waals surface area contributed by atoms with E-state index in [1.165, 1.54) is 0 Å². The number of fused-ring (bicyclic) bond motifs is 1. The Kier molecular flexibility index (Phi) is 6.66. The third kappa shape index (κ3) is 5.39. The quantitative estimate of drug-likeness (QED) is 0.447. The first-order chi connectivity index (χ1) is 18.0. The van der Waals surface area contributed by atoms with Gasteiger partial charge in [-0.05, 0) is 51.1 Å². The van der Waals surface area contributed by atoms with Crippen molar-refractivity contribution in [1.29, 1.82) is 0 Å². The Bertz CT molecular complexity index is 1470. The largest absolute Gasteiger partial charge is 0.488 e. The van der Waals surface area contributed by atoms with Crippen molar-refractivity contribution in [2.45, 2.75) is 38.9 Å². The molecule has 3 aromatic rings. The summed E-state index contributed by atoms with van der Waals surface area (Å²) in [4.78, 5) is 16.1. The number of ether oxygens (including phenoxy) is 3. The monoisotopic (exact) mass is 539 g/mol. The van der Waals surface area contributed by atoms with Gasteiger partial charge in [-0.1, -0.05) is 18.2 Å². The van der Waals surface area contributed by atoms with Gasteiger partial charge in [0.25, 0.3) is 5.91 Å². The smallest absolute Gasteiger partial charge is 0.326 e. The van der Waals surface area contributed by atoms with E-state index in [1.807, 2.05) is 35.9 Å². The molecule has 0 spiro atoms. The molecule has 38 heavy (non-hydrogen) atoms. The fraction of sp³-hybridized carbons (Fsp3) is 0.333. The van der Waals surface area contributed by atoms with Gasteiger partial charge in [0, 0.05) is 34.9 Å². The summed E-state index contributed by atoms with van der Waals surface area (Å²) in [7, 11) is -3.86. The molecule has 1 atom stereocenters. The lowest BCUT2D eigenvalue weighted by molar-refractivity contribution is -0.117. The van der Waals surface area contributed by atoms with E-state index in [9.17, 15) is 18.3 Å². The molecule has 2 N–H and O–H groups in total. The molecule has 0 radical (unpaired) electrons. The summed E-state index contributed by atoms with van der Waals surface area (Å²) >= 11 is 0. The molecule has 1 saturated heterocycles. The molecule has 1 fully saturated rings. The number of nitrogens with zero attached hydrogens (tertiary/aromatic N) is 2. The normalized spacial score (nSPS) is 18.1. The van der Waals surface area contributed by atoms with Gasteiger partial charge < -0.3 is 19.3 Å². The molecule has 1 amide bonds. The van der Waals surface area contributed by atoms with E-state index in [0.29, 0.717) is 37.0 Å². The minimum Gasteiger partial charge on any atom is -0.488 e.